The van der Waals surface area contributed by atoms with Crippen molar-refractivity contribution in [3.63, 3.8) is 0 Å². The molecule has 0 saturated carbocycles. The Bertz CT molecular complexity index is 595. The summed E-state index contributed by atoms with van der Waals surface area (Å²) < 4.78 is 11.5. The van der Waals surface area contributed by atoms with Crippen LogP contribution >= 0.6 is 0 Å². The molecule has 1 saturated heterocycles. The van der Waals surface area contributed by atoms with Gasteiger partial charge in [0.2, 0.25) is 0 Å². The first-order chi connectivity index (χ1) is 10.4. The maximum atomic E-state index is 5.82. The molecular formula is C17H25N3O2. The lowest BCUT2D eigenvalue weighted by atomic mass is 10.0. The van der Waals surface area contributed by atoms with Gasteiger partial charge in [-0.15, -0.1) is 0 Å². The molecule has 0 bridgehead atoms. The normalized spacial score (nSPS) is 23.8. The van der Waals surface area contributed by atoms with Gasteiger partial charge < -0.3 is 14.5 Å². The first kappa shape index (κ1) is 15.3. The van der Waals surface area contributed by atoms with E-state index in [0.29, 0.717) is 6.01 Å². The molecule has 0 amide bonds. The van der Waals surface area contributed by atoms with Gasteiger partial charge in [0.05, 0.1) is 12.2 Å². The number of morpholine rings is 1. The Labute approximate surface area is 131 Å². The van der Waals surface area contributed by atoms with Crippen molar-refractivity contribution in [1.82, 2.24) is 9.88 Å². The van der Waals surface area contributed by atoms with Crippen LogP contribution in [0.3, 0.4) is 0 Å². The Kier molecular flexibility index (Phi) is 4.10. The number of benzene rings is 1. The van der Waals surface area contributed by atoms with Crippen LogP contribution in [0.5, 0.6) is 0 Å². The van der Waals surface area contributed by atoms with Gasteiger partial charge >= 0.3 is 0 Å². The summed E-state index contributed by atoms with van der Waals surface area (Å²) in [6, 6.07) is 8.40. The number of hydrogen-bond donors (Lipinski definition) is 1. The van der Waals surface area contributed by atoms with Gasteiger partial charge in [0.25, 0.3) is 6.01 Å². The minimum absolute atomic E-state index is 0.00690. The molecule has 120 valence electrons. The van der Waals surface area contributed by atoms with Gasteiger partial charge in [0.1, 0.15) is 5.52 Å². The van der Waals surface area contributed by atoms with Gasteiger partial charge in [0, 0.05) is 25.2 Å². The summed E-state index contributed by atoms with van der Waals surface area (Å²) in [4.78, 5) is 6.94. The Morgan fingerprint density at radius 2 is 1.91 bits per heavy atom. The molecule has 2 aromatic rings. The highest BCUT2D eigenvalue weighted by molar-refractivity contribution is 5.74. The zero-order valence-electron chi connectivity index (χ0n) is 13.8. The third-order valence-corrected chi connectivity index (χ3v) is 4.24. The molecule has 0 unspecified atom stereocenters. The van der Waals surface area contributed by atoms with Gasteiger partial charge in [-0.3, -0.25) is 4.90 Å². The van der Waals surface area contributed by atoms with Crippen molar-refractivity contribution in [2.45, 2.75) is 45.4 Å². The number of hydrogen-bond acceptors (Lipinski definition) is 5. The molecule has 0 radical (unpaired) electrons. The van der Waals surface area contributed by atoms with Crippen LogP contribution in [0.25, 0.3) is 11.1 Å². The average Bonchev–Trinajstić information content (AvgIpc) is 2.87. The van der Waals surface area contributed by atoms with E-state index in [9.17, 15) is 0 Å². The number of nitrogens with zero attached hydrogens (tertiary/aromatic N) is 2. The fourth-order valence-electron chi connectivity index (χ4n) is 3.02. The molecule has 1 aliphatic rings. The van der Waals surface area contributed by atoms with Gasteiger partial charge in [-0.1, -0.05) is 12.1 Å². The number of nitrogens with one attached hydrogen (secondary N) is 1. The Balaban J connectivity index is 1.66. The lowest BCUT2D eigenvalue weighted by molar-refractivity contribution is -0.0933. The van der Waals surface area contributed by atoms with Crippen LogP contribution in [-0.4, -0.2) is 47.3 Å². The molecule has 1 aliphatic heterocycles. The zero-order valence-corrected chi connectivity index (χ0v) is 13.8. The number of rotatable bonds is 4. The van der Waals surface area contributed by atoms with Crippen LogP contribution in [0.1, 0.15) is 27.7 Å². The standard InChI is InChI=1S/C17H25N3O2/c1-12-9-20(10-13(2)21-12)17(3,4)11-18-16-19-14-7-5-6-8-15(14)22-16/h5-8,12-13H,9-11H2,1-4H3,(H,18,19)/t12-,13-/m1/s1. The molecule has 1 fully saturated rings. The highest BCUT2D eigenvalue weighted by atomic mass is 16.5. The van der Waals surface area contributed by atoms with Crippen LogP contribution in [0, 0.1) is 0 Å². The minimum atomic E-state index is 0.00690. The van der Waals surface area contributed by atoms with E-state index in [4.69, 9.17) is 9.15 Å². The van der Waals surface area contributed by atoms with Crippen LogP contribution < -0.4 is 5.32 Å². The van der Waals surface area contributed by atoms with E-state index in [1.807, 2.05) is 24.3 Å². The van der Waals surface area contributed by atoms with Crippen molar-refractivity contribution in [1.29, 1.82) is 0 Å². The molecule has 5 heteroatoms. The summed E-state index contributed by atoms with van der Waals surface area (Å²) in [6.07, 6.45) is 0.541. The third kappa shape index (κ3) is 3.25. The molecule has 1 aromatic carbocycles. The predicted molar refractivity (Wildman–Crippen MR) is 88.2 cm³/mol. The number of oxazole rings is 1. The number of para-hydroxylation sites is 2. The maximum Gasteiger partial charge on any atom is 0.295 e. The molecule has 0 spiro atoms. The number of aromatic nitrogens is 1. The van der Waals surface area contributed by atoms with E-state index >= 15 is 0 Å². The molecule has 1 aromatic heterocycles. The van der Waals surface area contributed by atoms with Crippen LogP contribution in [0.4, 0.5) is 6.01 Å². The minimum Gasteiger partial charge on any atom is -0.424 e. The SMILES string of the molecule is C[C@@H]1CN(C(C)(C)CNc2nc3ccccc3o2)C[C@@H](C)O1. The largest absolute Gasteiger partial charge is 0.424 e. The molecule has 3 rings (SSSR count). The van der Waals surface area contributed by atoms with Crippen molar-refractivity contribution in [2.75, 3.05) is 25.0 Å². The molecule has 22 heavy (non-hydrogen) atoms. The second-order valence-electron chi connectivity index (χ2n) is 6.82. The van der Waals surface area contributed by atoms with E-state index in [1.54, 1.807) is 0 Å². The van der Waals surface area contributed by atoms with Crippen LogP contribution in [-0.2, 0) is 4.74 Å². The third-order valence-electron chi connectivity index (χ3n) is 4.24. The fourth-order valence-corrected chi connectivity index (χ4v) is 3.02. The molecule has 2 heterocycles. The van der Waals surface area contributed by atoms with Crippen LogP contribution in [0.2, 0.25) is 0 Å². The molecular weight excluding hydrogens is 278 g/mol. The second kappa shape index (κ2) is 5.89. The molecule has 5 nitrogen and oxygen atoms in total. The van der Waals surface area contributed by atoms with Crippen molar-refractivity contribution in [3.8, 4) is 0 Å². The van der Waals surface area contributed by atoms with Crippen molar-refractivity contribution >= 4 is 17.1 Å². The van der Waals surface area contributed by atoms with E-state index in [1.165, 1.54) is 0 Å². The Morgan fingerprint density at radius 1 is 1.23 bits per heavy atom. The lowest BCUT2D eigenvalue weighted by Crippen LogP contribution is -2.57. The summed E-state index contributed by atoms with van der Waals surface area (Å²) in [5, 5.41) is 3.34. The number of anilines is 1. The van der Waals surface area contributed by atoms with Crippen LogP contribution in [0.15, 0.2) is 28.7 Å². The van der Waals surface area contributed by atoms with Crippen molar-refractivity contribution in [3.05, 3.63) is 24.3 Å². The summed E-state index contributed by atoms with van der Waals surface area (Å²) in [5.41, 5.74) is 1.71. The number of fused-ring (bicyclic) bond motifs is 1. The van der Waals surface area contributed by atoms with Gasteiger partial charge in [-0.05, 0) is 39.8 Å². The van der Waals surface area contributed by atoms with Crippen molar-refractivity contribution in [2.24, 2.45) is 0 Å². The summed E-state index contributed by atoms with van der Waals surface area (Å²) in [7, 11) is 0. The Morgan fingerprint density at radius 3 is 2.59 bits per heavy atom. The number of ether oxygens (including phenoxy) is 1. The highest BCUT2D eigenvalue weighted by Crippen LogP contribution is 2.23. The summed E-state index contributed by atoms with van der Waals surface area (Å²) >= 11 is 0. The first-order valence-electron chi connectivity index (χ1n) is 7.94. The van der Waals surface area contributed by atoms with Gasteiger partial charge in [-0.2, -0.15) is 4.98 Å². The lowest BCUT2D eigenvalue weighted by Gasteiger charge is -2.45. The molecule has 0 aliphatic carbocycles. The quantitative estimate of drug-likeness (QED) is 0.940. The topological polar surface area (TPSA) is 50.5 Å². The average molecular weight is 303 g/mol. The summed E-state index contributed by atoms with van der Waals surface area (Å²) in [6.45, 7) is 11.4. The summed E-state index contributed by atoms with van der Waals surface area (Å²) in [5.74, 6) is 0. The van der Waals surface area contributed by atoms with E-state index in [2.05, 4.69) is 42.9 Å². The monoisotopic (exact) mass is 303 g/mol. The van der Waals surface area contributed by atoms with E-state index < -0.39 is 0 Å². The van der Waals surface area contributed by atoms with Crippen molar-refractivity contribution < 1.29 is 9.15 Å². The smallest absolute Gasteiger partial charge is 0.295 e. The highest BCUT2D eigenvalue weighted by Gasteiger charge is 2.33. The van der Waals surface area contributed by atoms with Gasteiger partial charge in [-0.25, -0.2) is 0 Å². The second-order valence-corrected chi connectivity index (χ2v) is 6.82. The predicted octanol–water partition coefficient (Wildman–Crippen LogP) is 3.13. The van der Waals surface area contributed by atoms with E-state index in [0.717, 1.165) is 30.7 Å². The van der Waals surface area contributed by atoms with Gasteiger partial charge in [0.15, 0.2) is 5.58 Å². The van der Waals surface area contributed by atoms with E-state index in [-0.39, 0.29) is 17.7 Å². The molecule has 2 atom stereocenters. The zero-order chi connectivity index (χ0) is 15.7. The maximum absolute atomic E-state index is 5.82. The Hall–Kier alpha value is -1.59. The molecule has 1 N–H and O–H groups in total. The first-order valence-corrected chi connectivity index (χ1v) is 7.94. The fraction of sp³-hybridized carbons (Fsp3) is 0.588.